The molecule has 1 N–H and O–H groups in total. The van der Waals surface area contributed by atoms with Crippen LogP contribution in [0.3, 0.4) is 0 Å². The van der Waals surface area contributed by atoms with E-state index in [2.05, 4.69) is 15.4 Å². The first kappa shape index (κ1) is 16.8. The molecule has 0 unspecified atom stereocenters. The molecule has 8 heteroatoms. The highest BCUT2D eigenvalue weighted by Gasteiger charge is 2.35. The van der Waals surface area contributed by atoms with Crippen molar-refractivity contribution in [2.75, 3.05) is 13.2 Å². The van der Waals surface area contributed by atoms with E-state index in [-0.39, 0.29) is 18.5 Å². The number of halogens is 3. The molecule has 24 heavy (non-hydrogen) atoms. The van der Waals surface area contributed by atoms with Gasteiger partial charge in [0.15, 0.2) is 0 Å². The summed E-state index contributed by atoms with van der Waals surface area (Å²) >= 11 is 0. The van der Waals surface area contributed by atoms with Gasteiger partial charge in [-0.2, -0.15) is 18.3 Å². The number of fused-ring (bicyclic) bond motifs is 1. The predicted molar refractivity (Wildman–Crippen MR) is 81.6 cm³/mol. The van der Waals surface area contributed by atoms with Crippen LogP contribution in [0, 0.1) is 0 Å². The lowest BCUT2D eigenvalue weighted by molar-refractivity contribution is -0.139. The van der Waals surface area contributed by atoms with Crippen LogP contribution < -0.4 is 10.1 Å². The van der Waals surface area contributed by atoms with Gasteiger partial charge in [0.05, 0.1) is 6.20 Å². The van der Waals surface area contributed by atoms with Gasteiger partial charge in [-0.1, -0.05) is 0 Å². The third-order valence-corrected chi connectivity index (χ3v) is 4.18. The Morgan fingerprint density at radius 1 is 1.42 bits per heavy atom. The first-order valence-corrected chi connectivity index (χ1v) is 7.86. The van der Waals surface area contributed by atoms with Gasteiger partial charge in [-0.05, 0) is 31.4 Å². The van der Waals surface area contributed by atoms with Gasteiger partial charge < -0.3 is 10.1 Å². The summed E-state index contributed by atoms with van der Waals surface area (Å²) in [6, 6.07) is 2.38. The van der Waals surface area contributed by atoms with Crippen LogP contribution in [0.2, 0.25) is 0 Å². The molecule has 0 aliphatic heterocycles. The van der Waals surface area contributed by atoms with Crippen molar-refractivity contribution < 1.29 is 17.9 Å². The molecule has 2 aromatic heterocycles. The van der Waals surface area contributed by atoms with Crippen LogP contribution in [0.1, 0.15) is 35.7 Å². The number of hydrogen-bond donors (Lipinski definition) is 1. The third-order valence-electron chi connectivity index (χ3n) is 4.18. The number of aromatic nitrogens is 3. The van der Waals surface area contributed by atoms with E-state index < -0.39 is 11.7 Å². The van der Waals surface area contributed by atoms with Crippen LogP contribution in [0.5, 0.6) is 5.88 Å². The topological polar surface area (TPSA) is 52.0 Å². The van der Waals surface area contributed by atoms with Crippen LogP contribution in [-0.2, 0) is 19.6 Å². The number of rotatable bonds is 5. The average molecular weight is 340 g/mol. The molecule has 2 aromatic rings. The molecule has 0 radical (unpaired) electrons. The van der Waals surface area contributed by atoms with Crippen LogP contribution >= 0.6 is 0 Å². The Kier molecular flexibility index (Phi) is 4.75. The maximum absolute atomic E-state index is 12.9. The van der Waals surface area contributed by atoms with Gasteiger partial charge >= 0.3 is 6.18 Å². The van der Waals surface area contributed by atoms with Crippen LogP contribution in [0.15, 0.2) is 24.5 Å². The number of nitrogens with zero attached hydrogens (tertiary/aromatic N) is 3. The third kappa shape index (κ3) is 3.53. The summed E-state index contributed by atoms with van der Waals surface area (Å²) < 4.78 is 45.7. The zero-order chi connectivity index (χ0) is 17.2. The lowest BCUT2D eigenvalue weighted by atomic mass is 9.93. The Morgan fingerprint density at radius 2 is 2.25 bits per heavy atom. The summed E-state index contributed by atoms with van der Waals surface area (Å²) in [6.45, 7) is 0.555. The lowest BCUT2D eigenvalue weighted by Gasteiger charge is -2.24. The molecule has 1 atom stereocenters. The van der Waals surface area contributed by atoms with E-state index in [1.807, 2.05) is 17.9 Å². The highest BCUT2D eigenvalue weighted by Crippen LogP contribution is 2.34. The minimum Gasteiger partial charge on any atom is -0.476 e. The van der Waals surface area contributed by atoms with Gasteiger partial charge in [-0.25, -0.2) is 4.98 Å². The van der Waals surface area contributed by atoms with E-state index in [4.69, 9.17) is 4.74 Å². The standard InChI is InChI=1S/C16H19F3N4O/c1-23-14-6-2-5-13(11(14)10-22-23)20-8-9-24-15-12(16(17,18)19)4-3-7-21-15/h3-4,7,10,13,20H,2,5-6,8-9H2,1H3/t13-/m1/s1. The van der Waals surface area contributed by atoms with Gasteiger partial charge in [0.25, 0.3) is 0 Å². The van der Waals surface area contributed by atoms with Crippen molar-refractivity contribution in [2.24, 2.45) is 7.05 Å². The van der Waals surface area contributed by atoms with Crippen molar-refractivity contribution >= 4 is 0 Å². The summed E-state index contributed by atoms with van der Waals surface area (Å²) in [5.41, 5.74) is 1.53. The molecule has 0 aromatic carbocycles. The molecule has 0 fully saturated rings. The Hall–Kier alpha value is -2.09. The zero-order valence-corrected chi connectivity index (χ0v) is 13.3. The summed E-state index contributed by atoms with van der Waals surface area (Å²) in [4.78, 5) is 3.69. The Balaban J connectivity index is 1.56. The minimum atomic E-state index is -4.47. The second-order valence-electron chi connectivity index (χ2n) is 5.77. The number of hydrogen-bond acceptors (Lipinski definition) is 4. The Morgan fingerprint density at radius 3 is 3.04 bits per heavy atom. The molecule has 1 aliphatic rings. The monoisotopic (exact) mass is 340 g/mol. The summed E-state index contributed by atoms with van der Waals surface area (Å²) in [7, 11) is 1.92. The summed E-state index contributed by atoms with van der Waals surface area (Å²) in [5.74, 6) is -0.377. The quantitative estimate of drug-likeness (QED) is 0.851. The Bertz CT molecular complexity index is 699. The first-order chi connectivity index (χ1) is 11.5. The molecule has 2 heterocycles. The number of alkyl halides is 3. The van der Waals surface area contributed by atoms with E-state index in [1.54, 1.807) is 0 Å². The fourth-order valence-electron chi connectivity index (χ4n) is 3.02. The van der Waals surface area contributed by atoms with Crippen LogP contribution in [-0.4, -0.2) is 27.9 Å². The second-order valence-corrected chi connectivity index (χ2v) is 5.77. The molecule has 1 aliphatic carbocycles. The molecule has 3 rings (SSSR count). The van der Waals surface area contributed by atoms with E-state index in [0.717, 1.165) is 30.9 Å². The van der Waals surface area contributed by atoms with E-state index in [1.165, 1.54) is 18.0 Å². The normalized spacial score (nSPS) is 17.6. The molecule has 0 bridgehead atoms. The molecule has 130 valence electrons. The molecule has 0 saturated carbocycles. The highest BCUT2D eigenvalue weighted by atomic mass is 19.4. The van der Waals surface area contributed by atoms with Crippen molar-refractivity contribution in [3.05, 3.63) is 41.3 Å². The second kappa shape index (κ2) is 6.80. The number of nitrogens with one attached hydrogen (secondary N) is 1. The highest BCUT2D eigenvalue weighted by molar-refractivity contribution is 5.28. The maximum Gasteiger partial charge on any atom is 0.421 e. The molecule has 0 saturated heterocycles. The zero-order valence-electron chi connectivity index (χ0n) is 13.3. The van der Waals surface area contributed by atoms with Gasteiger partial charge in [-0.15, -0.1) is 0 Å². The molecular formula is C16H19F3N4O. The lowest BCUT2D eigenvalue weighted by Crippen LogP contribution is -2.29. The number of aryl methyl sites for hydroxylation is 1. The maximum atomic E-state index is 12.9. The van der Waals surface area contributed by atoms with E-state index >= 15 is 0 Å². The van der Waals surface area contributed by atoms with Crippen LogP contribution in [0.4, 0.5) is 13.2 Å². The van der Waals surface area contributed by atoms with Crippen molar-refractivity contribution in [3.63, 3.8) is 0 Å². The molecular weight excluding hydrogens is 321 g/mol. The summed E-state index contributed by atoms with van der Waals surface area (Å²) in [6.07, 6.45) is 1.72. The average Bonchev–Trinajstić information content (AvgIpc) is 2.93. The predicted octanol–water partition coefficient (Wildman–Crippen LogP) is 2.88. The minimum absolute atomic E-state index is 0.117. The molecule has 5 nitrogen and oxygen atoms in total. The van der Waals surface area contributed by atoms with Crippen molar-refractivity contribution in [1.29, 1.82) is 0 Å². The van der Waals surface area contributed by atoms with Gasteiger partial charge in [0.1, 0.15) is 12.2 Å². The van der Waals surface area contributed by atoms with Gasteiger partial charge in [-0.3, -0.25) is 4.68 Å². The van der Waals surface area contributed by atoms with Crippen molar-refractivity contribution in [1.82, 2.24) is 20.1 Å². The van der Waals surface area contributed by atoms with Crippen molar-refractivity contribution in [2.45, 2.75) is 31.5 Å². The largest absolute Gasteiger partial charge is 0.476 e. The number of ether oxygens (including phenoxy) is 1. The van der Waals surface area contributed by atoms with E-state index in [0.29, 0.717) is 6.54 Å². The molecule has 0 amide bonds. The first-order valence-electron chi connectivity index (χ1n) is 7.86. The van der Waals surface area contributed by atoms with E-state index in [9.17, 15) is 13.2 Å². The van der Waals surface area contributed by atoms with Crippen LogP contribution in [0.25, 0.3) is 0 Å². The summed E-state index contributed by atoms with van der Waals surface area (Å²) in [5, 5.41) is 7.61. The van der Waals surface area contributed by atoms with Crippen molar-refractivity contribution in [3.8, 4) is 5.88 Å². The molecule has 0 spiro atoms. The van der Waals surface area contributed by atoms with Gasteiger partial charge in [0.2, 0.25) is 5.88 Å². The van der Waals surface area contributed by atoms with Gasteiger partial charge in [0, 0.05) is 37.1 Å². The SMILES string of the molecule is Cn1ncc2c1CCC[C@H]2NCCOc1ncccc1C(F)(F)F. The fraction of sp³-hybridized carbons (Fsp3) is 0.500. The smallest absolute Gasteiger partial charge is 0.421 e. The number of pyridine rings is 1. The Labute approximate surface area is 137 Å². The fourth-order valence-corrected chi connectivity index (χ4v) is 3.02.